The van der Waals surface area contributed by atoms with Gasteiger partial charge in [0.15, 0.2) is 0 Å². The Hall–Kier alpha value is -0.850. The summed E-state index contributed by atoms with van der Waals surface area (Å²) in [6.45, 7) is 14.9. The lowest BCUT2D eigenvalue weighted by molar-refractivity contribution is 0.567. The molecule has 86 valence electrons. The number of pyridine rings is 1. The standard InChI is InChI=1S/C12H19N.C2H6/c1-9(2)10-6-7-11(13-8-10)12(3,4)5;1-2/h6-9H,1-5H3;1-2H3. The van der Waals surface area contributed by atoms with Crippen LogP contribution < -0.4 is 0 Å². The second-order valence-electron chi connectivity index (χ2n) is 4.88. The molecule has 0 aliphatic heterocycles. The summed E-state index contributed by atoms with van der Waals surface area (Å²) < 4.78 is 0. The summed E-state index contributed by atoms with van der Waals surface area (Å²) in [4.78, 5) is 4.47. The van der Waals surface area contributed by atoms with Gasteiger partial charge in [-0.25, -0.2) is 0 Å². The van der Waals surface area contributed by atoms with Gasteiger partial charge in [0.25, 0.3) is 0 Å². The van der Waals surface area contributed by atoms with Crippen LogP contribution in [-0.2, 0) is 5.41 Å². The fraction of sp³-hybridized carbons (Fsp3) is 0.643. The van der Waals surface area contributed by atoms with Crippen molar-refractivity contribution in [2.75, 3.05) is 0 Å². The topological polar surface area (TPSA) is 12.9 Å². The molecule has 0 aliphatic carbocycles. The largest absolute Gasteiger partial charge is 0.260 e. The van der Waals surface area contributed by atoms with Crippen LogP contribution >= 0.6 is 0 Å². The monoisotopic (exact) mass is 207 g/mol. The summed E-state index contributed by atoms with van der Waals surface area (Å²) in [5, 5.41) is 0. The molecule has 0 N–H and O–H groups in total. The third-order valence-corrected chi connectivity index (χ3v) is 2.22. The van der Waals surface area contributed by atoms with Crippen molar-refractivity contribution in [2.24, 2.45) is 0 Å². The van der Waals surface area contributed by atoms with Gasteiger partial charge < -0.3 is 0 Å². The van der Waals surface area contributed by atoms with Crippen LogP contribution in [0.5, 0.6) is 0 Å². The Balaban J connectivity index is 0.000000921. The van der Waals surface area contributed by atoms with Gasteiger partial charge in [-0.15, -0.1) is 0 Å². The first-order valence-corrected chi connectivity index (χ1v) is 5.87. The molecule has 0 aliphatic rings. The molecule has 1 aromatic heterocycles. The maximum absolute atomic E-state index is 4.47. The molecule has 0 saturated heterocycles. The molecule has 0 bridgehead atoms. The maximum atomic E-state index is 4.47. The first-order chi connectivity index (χ1) is 6.91. The number of rotatable bonds is 1. The third-order valence-electron chi connectivity index (χ3n) is 2.22. The van der Waals surface area contributed by atoms with Crippen LogP contribution in [0, 0.1) is 0 Å². The molecule has 0 atom stereocenters. The normalized spacial score (nSPS) is 10.9. The zero-order chi connectivity index (χ0) is 12.1. The van der Waals surface area contributed by atoms with Crippen LogP contribution in [0.4, 0.5) is 0 Å². The van der Waals surface area contributed by atoms with Gasteiger partial charge in [-0.2, -0.15) is 0 Å². The van der Waals surface area contributed by atoms with Crippen LogP contribution in [0.2, 0.25) is 0 Å². The predicted octanol–water partition coefficient (Wildman–Crippen LogP) is 4.53. The SMILES string of the molecule is CC.CC(C)c1ccc(C(C)(C)C)nc1. The highest BCUT2D eigenvalue weighted by Gasteiger charge is 2.14. The van der Waals surface area contributed by atoms with Crippen molar-refractivity contribution in [3.8, 4) is 0 Å². The molecule has 0 spiro atoms. The Morgan fingerprint density at radius 3 is 1.87 bits per heavy atom. The van der Waals surface area contributed by atoms with Crippen molar-refractivity contribution in [2.45, 2.75) is 59.8 Å². The smallest absolute Gasteiger partial charge is 0.0457 e. The lowest BCUT2D eigenvalue weighted by Crippen LogP contribution is -2.13. The summed E-state index contributed by atoms with van der Waals surface area (Å²) in [7, 11) is 0. The highest BCUT2D eigenvalue weighted by molar-refractivity contribution is 5.20. The van der Waals surface area contributed by atoms with E-state index < -0.39 is 0 Å². The van der Waals surface area contributed by atoms with Crippen LogP contribution in [-0.4, -0.2) is 4.98 Å². The molecule has 1 heteroatoms. The van der Waals surface area contributed by atoms with Crippen LogP contribution in [0.3, 0.4) is 0 Å². The molecule has 0 amide bonds. The van der Waals surface area contributed by atoms with Crippen LogP contribution in [0.1, 0.15) is 65.6 Å². The number of hydrogen-bond donors (Lipinski definition) is 0. The van der Waals surface area contributed by atoms with Crippen molar-refractivity contribution in [3.63, 3.8) is 0 Å². The van der Waals surface area contributed by atoms with E-state index in [0.717, 1.165) is 5.69 Å². The van der Waals surface area contributed by atoms with Gasteiger partial charge in [-0.1, -0.05) is 54.5 Å². The van der Waals surface area contributed by atoms with E-state index in [-0.39, 0.29) is 5.41 Å². The third kappa shape index (κ3) is 4.46. The minimum absolute atomic E-state index is 0.162. The maximum Gasteiger partial charge on any atom is 0.0457 e. The Morgan fingerprint density at radius 1 is 1.07 bits per heavy atom. The molecule has 1 nitrogen and oxygen atoms in total. The molecule has 0 saturated carbocycles. The van der Waals surface area contributed by atoms with Gasteiger partial charge in [0, 0.05) is 17.3 Å². The Labute approximate surface area is 94.9 Å². The predicted molar refractivity (Wildman–Crippen MR) is 68.4 cm³/mol. The first kappa shape index (κ1) is 14.2. The summed E-state index contributed by atoms with van der Waals surface area (Å²) in [5.74, 6) is 0.571. The molecular weight excluding hydrogens is 182 g/mol. The quantitative estimate of drug-likeness (QED) is 0.659. The molecule has 0 unspecified atom stereocenters. The average molecular weight is 207 g/mol. The first-order valence-electron chi connectivity index (χ1n) is 5.87. The van der Waals surface area contributed by atoms with Crippen molar-refractivity contribution in [1.29, 1.82) is 0 Å². The number of hydrogen-bond acceptors (Lipinski definition) is 1. The van der Waals surface area contributed by atoms with Crippen molar-refractivity contribution >= 4 is 0 Å². The Morgan fingerprint density at radius 2 is 1.60 bits per heavy atom. The highest BCUT2D eigenvalue weighted by Crippen LogP contribution is 2.21. The van der Waals surface area contributed by atoms with Gasteiger partial charge in [0.2, 0.25) is 0 Å². The summed E-state index contributed by atoms with van der Waals surface area (Å²) in [6, 6.07) is 4.31. The van der Waals surface area contributed by atoms with E-state index in [9.17, 15) is 0 Å². The Bertz CT molecular complexity index is 264. The van der Waals surface area contributed by atoms with E-state index in [1.54, 1.807) is 0 Å². The molecular formula is C14H25N. The highest BCUT2D eigenvalue weighted by atomic mass is 14.7. The fourth-order valence-corrected chi connectivity index (χ4v) is 1.19. The molecule has 0 radical (unpaired) electrons. The summed E-state index contributed by atoms with van der Waals surface area (Å²) >= 11 is 0. The van der Waals surface area contributed by atoms with E-state index in [4.69, 9.17) is 0 Å². The van der Waals surface area contributed by atoms with Crippen LogP contribution in [0.15, 0.2) is 18.3 Å². The van der Waals surface area contributed by atoms with Gasteiger partial charge in [-0.3, -0.25) is 4.98 Å². The molecule has 1 heterocycles. The lowest BCUT2D eigenvalue weighted by atomic mass is 9.91. The van der Waals surface area contributed by atoms with E-state index in [1.807, 2.05) is 20.0 Å². The molecule has 0 aromatic carbocycles. The van der Waals surface area contributed by atoms with Crippen molar-refractivity contribution in [1.82, 2.24) is 4.98 Å². The average Bonchev–Trinajstić information content (AvgIpc) is 2.20. The minimum atomic E-state index is 0.162. The Kier molecular flexibility index (Phi) is 5.56. The summed E-state index contributed by atoms with van der Waals surface area (Å²) in [5.41, 5.74) is 2.64. The number of aromatic nitrogens is 1. The van der Waals surface area contributed by atoms with E-state index in [0.29, 0.717) is 5.92 Å². The zero-order valence-electron chi connectivity index (χ0n) is 11.3. The second kappa shape index (κ2) is 5.89. The molecule has 0 fully saturated rings. The van der Waals surface area contributed by atoms with Gasteiger partial charge in [0.1, 0.15) is 0 Å². The lowest BCUT2D eigenvalue weighted by Gasteiger charge is -2.18. The molecule has 1 rings (SSSR count). The minimum Gasteiger partial charge on any atom is -0.260 e. The van der Waals surface area contributed by atoms with E-state index >= 15 is 0 Å². The summed E-state index contributed by atoms with van der Waals surface area (Å²) in [6.07, 6.45) is 1.99. The van der Waals surface area contributed by atoms with Gasteiger partial charge >= 0.3 is 0 Å². The zero-order valence-corrected chi connectivity index (χ0v) is 11.3. The van der Waals surface area contributed by atoms with Gasteiger partial charge in [-0.05, 0) is 17.5 Å². The molecule has 1 aromatic rings. The fourth-order valence-electron chi connectivity index (χ4n) is 1.19. The number of nitrogens with zero attached hydrogens (tertiary/aromatic N) is 1. The van der Waals surface area contributed by atoms with E-state index in [1.165, 1.54) is 5.56 Å². The van der Waals surface area contributed by atoms with E-state index in [2.05, 4.69) is 51.7 Å². The molecule has 15 heavy (non-hydrogen) atoms. The van der Waals surface area contributed by atoms with Crippen molar-refractivity contribution < 1.29 is 0 Å². The van der Waals surface area contributed by atoms with Gasteiger partial charge in [0.05, 0.1) is 0 Å². The second-order valence-corrected chi connectivity index (χ2v) is 4.88. The van der Waals surface area contributed by atoms with Crippen LogP contribution in [0.25, 0.3) is 0 Å². The van der Waals surface area contributed by atoms with Crippen molar-refractivity contribution in [3.05, 3.63) is 29.6 Å².